The number of carbonyl (C=O) groups excluding carboxylic acids is 1. The van der Waals surface area contributed by atoms with Gasteiger partial charge < -0.3 is 5.73 Å². The van der Waals surface area contributed by atoms with E-state index in [9.17, 15) is 4.79 Å². The Balaban J connectivity index is 1.88. The average molecular weight is 327 g/mol. The van der Waals surface area contributed by atoms with E-state index in [-0.39, 0.29) is 18.4 Å². The molecular formula is C16H21N7O. The first-order valence-corrected chi connectivity index (χ1v) is 7.57. The van der Waals surface area contributed by atoms with Crippen molar-refractivity contribution in [3.63, 3.8) is 0 Å². The molecule has 0 aliphatic rings. The number of allylic oxidation sites excluding steroid dienone is 1. The van der Waals surface area contributed by atoms with Gasteiger partial charge >= 0.3 is 0 Å². The van der Waals surface area contributed by atoms with Crippen LogP contribution < -0.4 is 11.2 Å². The van der Waals surface area contributed by atoms with Crippen molar-refractivity contribution in [3.05, 3.63) is 41.0 Å². The quantitative estimate of drug-likeness (QED) is 0.618. The van der Waals surface area contributed by atoms with Gasteiger partial charge in [0.15, 0.2) is 0 Å². The molecule has 3 N–H and O–H groups in total. The summed E-state index contributed by atoms with van der Waals surface area (Å²) in [6.07, 6.45) is 3.57. The van der Waals surface area contributed by atoms with Gasteiger partial charge in [0.1, 0.15) is 6.54 Å². The lowest BCUT2D eigenvalue weighted by Gasteiger charge is -2.05. The smallest absolute Gasteiger partial charge is 0.261 e. The molecular weight excluding hydrogens is 306 g/mol. The highest BCUT2D eigenvalue weighted by Crippen LogP contribution is 2.15. The molecule has 0 aliphatic heterocycles. The van der Waals surface area contributed by atoms with E-state index in [0.29, 0.717) is 5.92 Å². The lowest BCUT2D eigenvalue weighted by Crippen LogP contribution is -2.24. The second-order valence-electron chi connectivity index (χ2n) is 5.70. The Kier molecular flexibility index (Phi) is 5.78. The van der Waals surface area contributed by atoms with Gasteiger partial charge in [-0.05, 0) is 40.0 Å². The van der Waals surface area contributed by atoms with Gasteiger partial charge in [-0.3, -0.25) is 4.79 Å². The second-order valence-corrected chi connectivity index (χ2v) is 5.70. The summed E-state index contributed by atoms with van der Waals surface area (Å²) >= 11 is 0. The fourth-order valence-electron chi connectivity index (χ4n) is 1.98. The summed E-state index contributed by atoms with van der Waals surface area (Å²) in [4.78, 5) is 11.7. The highest BCUT2D eigenvalue weighted by molar-refractivity contribution is 5.86. The van der Waals surface area contributed by atoms with Crippen LogP contribution in [0.25, 0.3) is 6.08 Å². The highest BCUT2D eigenvalue weighted by Gasteiger charge is 2.06. The molecule has 1 aromatic carbocycles. The second kappa shape index (κ2) is 8.00. The molecule has 24 heavy (non-hydrogen) atoms. The van der Waals surface area contributed by atoms with Crippen LogP contribution in [-0.2, 0) is 11.3 Å². The Morgan fingerprint density at radius 3 is 2.67 bits per heavy atom. The van der Waals surface area contributed by atoms with E-state index < -0.39 is 0 Å². The normalized spacial score (nSPS) is 12.1. The fraction of sp³-hybridized carbons (Fsp3) is 0.312. The van der Waals surface area contributed by atoms with E-state index in [0.717, 1.165) is 11.1 Å². The molecule has 1 aromatic heterocycles. The number of rotatable bonds is 6. The van der Waals surface area contributed by atoms with Crippen molar-refractivity contribution in [3.8, 4) is 0 Å². The molecule has 1 heterocycles. The van der Waals surface area contributed by atoms with Gasteiger partial charge in [0.2, 0.25) is 5.95 Å². The van der Waals surface area contributed by atoms with Gasteiger partial charge in [-0.25, -0.2) is 10.1 Å². The number of nitrogen functional groups attached to an aromatic ring is 1. The molecule has 8 nitrogen and oxygen atoms in total. The van der Waals surface area contributed by atoms with Crippen LogP contribution in [-0.4, -0.2) is 32.3 Å². The summed E-state index contributed by atoms with van der Waals surface area (Å²) in [7, 11) is 0. The molecule has 0 saturated carbocycles. The van der Waals surface area contributed by atoms with E-state index in [4.69, 9.17) is 5.73 Å². The van der Waals surface area contributed by atoms with E-state index >= 15 is 0 Å². The van der Waals surface area contributed by atoms with Crippen molar-refractivity contribution in [2.24, 2.45) is 5.10 Å². The van der Waals surface area contributed by atoms with Crippen LogP contribution in [0.4, 0.5) is 5.95 Å². The maximum Gasteiger partial charge on any atom is 0.261 e. The zero-order chi connectivity index (χ0) is 17.5. The molecule has 126 valence electrons. The number of anilines is 1. The molecule has 8 heteroatoms. The first-order valence-electron chi connectivity index (χ1n) is 7.57. The molecule has 0 aliphatic carbocycles. The topological polar surface area (TPSA) is 111 Å². The molecule has 1 amide bonds. The minimum absolute atomic E-state index is 0.0788. The van der Waals surface area contributed by atoms with E-state index in [2.05, 4.69) is 64.2 Å². The number of benzene rings is 1. The number of amides is 1. The molecule has 0 atom stereocenters. The summed E-state index contributed by atoms with van der Waals surface area (Å²) in [6.45, 7) is 6.14. The lowest BCUT2D eigenvalue weighted by atomic mass is 10.0. The number of tetrazole rings is 1. The number of nitrogens with one attached hydrogen (secondary N) is 1. The number of hydrazone groups is 1. The summed E-state index contributed by atoms with van der Waals surface area (Å²) in [6, 6.07) is 8.34. The van der Waals surface area contributed by atoms with Gasteiger partial charge in [-0.15, -0.1) is 0 Å². The van der Waals surface area contributed by atoms with Gasteiger partial charge in [0.05, 0.1) is 6.21 Å². The van der Waals surface area contributed by atoms with Crippen molar-refractivity contribution >= 4 is 24.1 Å². The zero-order valence-electron chi connectivity index (χ0n) is 14.0. The number of nitrogens with two attached hydrogens (primary N) is 1. The minimum atomic E-state index is -0.362. The van der Waals surface area contributed by atoms with E-state index in [1.807, 2.05) is 13.0 Å². The molecule has 0 fully saturated rings. The van der Waals surface area contributed by atoms with Crippen LogP contribution >= 0.6 is 0 Å². The highest BCUT2D eigenvalue weighted by atomic mass is 16.2. The van der Waals surface area contributed by atoms with Gasteiger partial charge in [0.25, 0.3) is 5.91 Å². The van der Waals surface area contributed by atoms with Gasteiger partial charge in [-0.2, -0.15) is 5.10 Å². The van der Waals surface area contributed by atoms with E-state index in [1.54, 1.807) is 6.21 Å². The maximum atomic E-state index is 11.7. The van der Waals surface area contributed by atoms with Crippen LogP contribution in [0.2, 0.25) is 0 Å². The number of nitrogens with zero attached hydrogens (tertiary/aromatic N) is 5. The summed E-state index contributed by atoms with van der Waals surface area (Å²) in [5.74, 6) is 0.226. The Bertz CT molecular complexity index is 744. The fourth-order valence-corrected chi connectivity index (χ4v) is 1.98. The molecule has 0 saturated heterocycles. The Labute approximate surface area is 140 Å². The van der Waals surface area contributed by atoms with Crippen LogP contribution in [0.1, 0.15) is 37.8 Å². The van der Waals surface area contributed by atoms with Gasteiger partial charge in [0, 0.05) is 0 Å². The molecule has 0 radical (unpaired) electrons. The predicted octanol–water partition coefficient (Wildman–Crippen LogP) is 1.58. The first-order chi connectivity index (χ1) is 11.5. The largest absolute Gasteiger partial charge is 0.367 e. The number of carbonyl (C=O) groups is 1. The van der Waals surface area contributed by atoms with Crippen LogP contribution in [0.3, 0.4) is 0 Å². The van der Waals surface area contributed by atoms with Crippen molar-refractivity contribution < 1.29 is 4.79 Å². The monoisotopic (exact) mass is 327 g/mol. The molecule has 2 aromatic rings. The van der Waals surface area contributed by atoms with Crippen LogP contribution in [0, 0.1) is 0 Å². The van der Waals surface area contributed by atoms with E-state index in [1.165, 1.54) is 10.2 Å². The minimum Gasteiger partial charge on any atom is -0.367 e. The Morgan fingerprint density at radius 2 is 2.08 bits per heavy atom. The Morgan fingerprint density at radius 1 is 1.38 bits per heavy atom. The molecule has 0 spiro atoms. The van der Waals surface area contributed by atoms with Crippen LogP contribution in [0.15, 0.2) is 34.9 Å². The van der Waals surface area contributed by atoms with Gasteiger partial charge in [-0.1, -0.05) is 49.3 Å². The Hall–Kier alpha value is -3.03. The van der Waals surface area contributed by atoms with Crippen molar-refractivity contribution in [1.82, 2.24) is 25.6 Å². The maximum absolute atomic E-state index is 11.7. The molecule has 0 unspecified atom stereocenters. The van der Waals surface area contributed by atoms with Crippen molar-refractivity contribution in [2.75, 3.05) is 5.73 Å². The summed E-state index contributed by atoms with van der Waals surface area (Å²) < 4.78 is 1.18. The summed E-state index contributed by atoms with van der Waals surface area (Å²) in [5.41, 5.74) is 11.2. The van der Waals surface area contributed by atoms with Crippen molar-refractivity contribution in [1.29, 1.82) is 0 Å². The predicted molar refractivity (Wildman–Crippen MR) is 93.0 cm³/mol. The SMILES string of the molecule is CC(/C=N/NC(=O)Cn1nnnc1N)=C\c1ccc(C(C)C)cc1. The number of hydrogen-bond acceptors (Lipinski definition) is 6. The third-order valence-electron chi connectivity index (χ3n) is 3.31. The number of aromatic nitrogens is 4. The zero-order valence-corrected chi connectivity index (χ0v) is 14.0. The third kappa shape index (κ3) is 5.01. The van der Waals surface area contributed by atoms with Crippen LogP contribution in [0.5, 0.6) is 0 Å². The standard InChI is InChI=1S/C16H21N7O/c1-11(2)14-6-4-13(5-7-14)8-12(3)9-18-19-15(24)10-23-16(17)20-21-22-23/h4-9,11H,10H2,1-3H3,(H,19,24)(H2,17,20,22)/b12-8+,18-9+. The number of hydrogen-bond donors (Lipinski definition) is 2. The third-order valence-corrected chi connectivity index (χ3v) is 3.31. The summed E-state index contributed by atoms with van der Waals surface area (Å²) in [5, 5.41) is 14.3. The average Bonchev–Trinajstić information content (AvgIpc) is 2.93. The van der Waals surface area contributed by atoms with Crippen molar-refractivity contribution in [2.45, 2.75) is 33.2 Å². The lowest BCUT2D eigenvalue weighted by molar-refractivity contribution is -0.121. The molecule has 2 rings (SSSR count). The first kappa shape index (κ1) is 17.3. The molecule has 0 bridgehead atoms.